The summed E-state index contributed by atoms with van der Waals surface area (Å²) in [6.07, 6.45) is 1.05. The van der Waals surface area contributed by atoms with Crippen LogP contribution in [0.4, 0.5) is 10.5 Å². The highest BCUT2D eigenvalue weighted by Gasteiger charge is 2.11. The number of rotatable bonds is 6. The van der Waals surface area contributed by atoms with Crippen LogP contribution < -0.4 is 15.9 Å². The number of benzene rings is 1. The summed E-state index contributed by atoms with van der Waals surface area (Å²) in [7, 11) is 0. The molecule has 1 aromatic rings. The summed E-state index contributed by atoms with van der Waals surface area (Å²) in [4.78, 5) is 30.9. The molecule has 4 N–H and O–H groups in total. The van der Waals surface area contributed by atoms with E-state index >= 15 is 0 Å². The first-order valence-corrected chi connectivity index (χ1v) is 5.11. The Morgan fingerprint density at radius 2 is 2.25 bits per heavy atom. The first kappa shape index (κ1) is 14.9. The highest BCUT2D eigenvalue weighted by Crippen LogP contribution is 2.22. The monoisotopic (exact) mass is 282 g/mol. The van der Waals surface area contributed by atoms with Crippen molar-refractivity contribution in [2.45, 2.75) is 0 Å². The summed E-state index contributed by atoms with van der Waals surface area (Å²) in [5.74, 6) is -1.14. The third-order valence-electron chi connectivity index (χ3n) is 1.93. The quantitative estimate of drug-likeness (QED) is 0.380. The number of hydrogen-bond acceptors (Lipinski definition) is 6. The molecule has 0 unspecified atom stereocenters. The molecule has 0 aliphatic heterocycles. The zero-order valence-corrected chi connectivity index (χ0v) is 9.98. The van der Waals surface area contributed by atoms with E-state index in [1.54, 1.807) is 0 Å². The Bertz CT molecular complexity index is 571. The van der Waals surface area contributed by atoms with Crippen LogP contribution in [0.1, 0.15) is 5.56 Å². The van der Waals surface area contributed by atoms with Gasteiger partial charge < -0.3 is 15.6 Å². The van der Waals surface area contributed by atoms with Gasteiger partial charge in [-0.1, -0.05) is 0 Å². The smallest absolute Gasteiger partial charge is 0.341 e. The summed E-state index contributed by atoms with van der Waals surface area (Å²) in [5.41, 5.74) is 6.57. The van der Waals surface area contributed by atoms with Crippen LogP contribution in [0.3, 0.4) is 0 Å². The van der Waals surface area contributed by atoms with Crippen LogP contribution in [-0.2, 0) is 4.79 Å². The molecule has 1 rings (SSSR count). The van der Waals surface area contributed by atoms with E-state index in [0.29, 0.717) is 0 Å². The van der Waals surface area contributed by atoms with E-state index < -0.39 is 23.5 Å². The zero-order chi connectivity index (χ0) is 15.1. The third kappa shape index (κ3) is 4.60. The Hall–Kier alpha value is -3.17. The summed E-state index contributed by atoms with van der Waals surface area (Å²) >= 11 is 0. The molecular formula is C10H10N4O6. The predicted molar refractivity (Wildman–Crippen MR) is 66.5 cm³/mol. The Balaban J connectivity index is 3.02. The Morgan fingerprint density at radius 1 is 1.55 bits per heavy atom. The van der Waals surface area contributed by atoms with Gasteiger partial charge in [0.25, 0.3) is 5.69 Å². The second-order valence-corrected chi connectivity index (χ2v) is 3.40. The number of primary amides is 1. The molecule has 1 aromatic carbocycles. The predicted octanol–water partition coefficient (Wildman–Crippen LogP) is 0.0604. The molecule has 2 amide bonds. The Labute approximate surface area is 112 Å². The largest absolute Gasteiger partial charge is 0.481 e. The van der Waals surface area contributed by atoms with Crippen LogP contribution in [0.2, 0.25) is 0 Å². The van der Waals surface area contributed by atoms with E-state index in [2.05, 4.69) is 5.10 Å². The summed E-state index contributed by atoms with van der Waals surface area (Å²) in [6, 6.07) is 2.58. The number of non-ortho nitro benzene ring substituents is 1. The van der Waals surface area contributed by atoms with Crippen LogP contribution >= 0.6 is 0 Å². The highest BCUT2D eigenvalue weighted by atomic mass is 16.6. The van der Waals surface area contributed by atoms with E-state index in [1.807, 2.05) is 5.43 Å². The molecule has 0 fully saturated rings. The van der Waals surface area contributed by atoms with Gasteiger partial charge in [-0.05, 0) is 6.07 Å². The minimum atomic E-state index is -1.21. The number of carboxylic acids is 1. The fourth-order valence-electron chi connectivity index (χ4n) is 1.19. The number of amides is 2. The van der Waals surface area contributed by atoms with Crippen molar-refractivity contribution in [3.05, 3.63) is 33.9 Å². The van der Waals surface area contributed by atoms with Gasteiger partial charge >= 0.3 is 12.0 Å². The van der Waals surface area contributed by atoms with Crippen molar-refractivity contribution in [2.75, 3.05) is 6.61 Å². The number of ether oxygens (including phenoxy) is 1. The van der Waals surface area contributed by atoms with Crippen molar-refractivity contribution in [2.24, 2.45) is 10.8 Å². The van der Waals surface area contributed by atoms with Crippen molar-refractivity contribution in [1.82, 2.24) is 5.43 Å². The molecule has 0 aliphatic carbocycles. The summed E-state index contributed by atoms with van der Waals surface area (Å²) < 4.78 is 4.93. The van der Waals surface area contributed by atoms with Gasteiger partial charge in [0, 0.05) is 17.7 Å². The number of nitrogens with two attached hydrogens (primary N) is 1. The van der Waals surface area contributed by atoms with Gasteiger partial charge in [0.1, 0.15) is 5.75 Å². The average molecular weight is 282 g/mol. The van der Waals surface area contributed by atoms with Crippen LogP contribution in [-0.4, -0.2) is 34.9 Å². The highest BCUT2D eigenvalue weighted by molar-refractivity contribution is 5.86. The molecule has 10 nitrogen and oxygen atoms in total. The van der Waals surface area contributed by atoms with Gasteiger partial charge in [-0.3, -0.25) is 10.1 Å². The lowest BCUT2D eigenvalue weighted by Gasteiger charge is -2.06. The Morgan fingerprint density at radius 3 is 2.80 bits per heavy atom. The maximum absolute atomic E-state index is 10.6. The third-order valence-corrected chi connectivity index (χ3v) is 1.93. The second-order valence-electron chi connectivity index (χ2n) is 3.40. The Kier molecular flexibility index (Phi) is 4.97. The molecule has 0 saturated carbocycles. The lowest BCUT2D eigenvalue weighted by atomic mass is 10.2. The SMILES string of the molecule is NC(=O)NN=Cc1cc([N+](=O)[O-])ccc1OCC(=O)O. The fraction of sp³-hybridized carbons (Fsp3) is 0.100. The number of aliphatic carboxylic acids is 1. The van der Waals surface area contributed by atoms with Crippen molar-refractivity contribution < 1.29 is 24.4 Å². The standard InChI is InChI=1S/C10H10N4O6/c11-10(17)13-12-4-6-3-7(14(18)19)1-2-8(6)20-5-9(15)16/h1-4H,5H2,(H,15,16)(H3,11,13,17). The number of carbonyl (C=O) groups is 2. The van der Waals surface area contributed by atoms with E-state index in [1.165, 1.54) is 6.07 Å². The molecular weight excluding hydrogens is 272 g/mol. The minimum absolute atomic E-state index is 0.0630. The number of nitro benzene ring substituents is 1. The molecule has 0 bridgehead atoms. The van der Waals surface area contributed by atoms with Gasteiger partial charge in [-0.25, -0.2) is 15.0 Å². The number of hydrazone groups is 1. The van der Waals surface area contributed by atoms with Crippen molar-refractivity contribution in [1.29, 1.82) is 0 Å². The minimum Gasteiger partial charge on any atom is -0.481 e. The van der Waals surface area contributed by atoms with E-state index in [0.717, 1.165) is 18.3 Å². The van der Waals surface area contributed by atoms with Crippen molar-refractivity contribution >= 4 is 23.9 Å². The molecule has 0 spiro atoms. The van der Waals surface area contributed by atoms with Gasteiger partial charge in [-0.2, -0.15) is 5.10 Å². The first-order chi connectivity index (χ1) is 9.40. The van der Waals surface area contributed by atoms with Crippen LogP contribution in [0, 0.1) is 10.1 Å². The van der Waals surface area contributed by atoms with E-state index in [-0.39, 0.29) is 17.0 Å². The normalized spacial score (nSPS) is 10.2. The fourth-order valence-corrected chi connectivity index (χ4v) is 1.19. The molecule has 10 heteroatoms. The zero-order valence-electron chi connectivity index (χ0n) is 9.98. The lowest BCUT2D eigenvalue weighted by molar-refractivity contribution is -0.384. The molecule has 20 heavy (non-hydrogen) atoms. The van der Waals surface area contributed by atoms with Gasteiger partial charge in [-0.15, -0.1) is 0 Å². The molecule has 0 atom stereocenters. The van der Waals surface area contributed by atoms with Crippen molar-refractivity contribution in [3.8, 4) is 5.75 Å². The van der Waals surface area contributed by atoms with Crippen molar-refractivity contribution in [3.63, 3.8) is 0 Å². The maximum Gasteiger partial charge on any atom is 0.341 e. The first-order valence-electron chi connectivity index (χ1n) is 5.11. The number of nitro groups is 1. The topological polar surface area (TPSA) is 157 Å². The molecule has 0 saturated heterocycles. The molecule has 0 aromatic heterocycles. The molecule has 0 heterocycles. The molecule has 0 radical (unpaired) electrons. The van der Waals surface area contributed by atoms with Gasteiger partial charge in [0.05, 0.1) is 11.1 Å². The summed E-state index contributed by atoms with van der Waals surface area (Å²) in [5, 5.41) is 22.6. The lowest BCUT2D eigenvalue weighted by Crippen LogP contribution is -2.24. The number of carboxylic acid groups (broad SMARTS) is 1. The summed E-state index contributed by atoms with van der Waals surface area (Å²) in [6.45, 7) is -0.623. The maximum atomic E-state index is 10.6. The number of carbonyl (C=O) groups excluding carboxylic acids is 1. The number of hydrogen-bond donors (Lipinski definition) is 3. The van der Waals surface area contributed by atoms with Crippen LogP contribution in [0.25, 0.3) is 0 Å². The average Bonchev–Trinajstić information content (AvgIpc) is 2.36. The number of urea groups is 1. The second kappa shape index (κ2) is 6.68. The van der Waals surface area contributed by atoms with Crippen LogP contribution in [0.15, 0.2) is 23.3 Å². The van der Waals surface area contributed by atoms with Gasteiger partial charge in [0.15, 0.2) is 6.61 Å². The van der Waals surface area contributed by atoms with E-state index in [9.17, 15) is 19.7 Å². The number of nitrogens with zero attached hydrogens (tertiary/aromatic N) is 2. The molecule has 0 aliphatic rings. The number of nitrogens with one attached hydrogen (secondary N) is 1. The van der Waals surface area contributed by atoms with Gasteiger partial charge in [0.2, 0.25) is 0 Å². The van der Waals surface area contributed by atoms with E-state index in [4.69, 9.17) is 15.6 Å². The molecule has 106 valence electrons. The van der Waals surface area contributed by atoms with Crippen LogP contribution in [0.5, 0.6) is 5.75 Å².